The van der Waals surface area contributed by atoms with Crippen molar-refractivity contribution < 1.29 is 14.3 Å². The highest BCUT2D eigenvalue weighted by molar-refractivity contribution is 5.95. The van der Waals surface area contributed by atoms with Gasteiger partial charge >= 0.3 is 0 Å². The third-order valence-electron chi connectivity index (χ3n) is 5.39. The van der Waals surface area contributed by atoms with E-state index in [1.807, 2.05) is 48.2 Å². The third kappa shape index (κ3) is 4.79. The summed E-state index contributed by atoms with van der Waals surface area (Å²) < 4.78 is 11.7. The smallest absolute Gasteiger partial charge is 0.254 e. The van der Waals surface area contributed by atoms with E-state index in [2.05, 4.69) is 29.1 Å². The molecule has 0 aliphatic carbocycles. The highest BCUT2D eigenvalue weighted by atomic mass is 16.5. The summed E-state index contributed by atoms with van der Waals surface area (Å²) in [5.41, 5.74) is 3.94. The number of rotatable bonds is 6. The Morgan fingerprint density at radius 3 is 2.61 bits per heavy atom. The number of amides is 1. The van der Waals surface area contributed by atoms with Crippen molar-refractivity contribution in [3.63, 3.8) is 0 Å². The number of nitrogens with zero attached hydrogens (tertiary/aromatic N) is 3. The maximum Gasteiger partial charge on any atom is 0.254 e. The number of fused-ring (bicyclic) bond motifs is 1. The van der Waals surface area contributed by atoms with Gasteiger partial charge in [-0.05, 0) is 54.4 Å². The summed E-state index contributed by atoms with van der Waals surface area (Å²) >= 11 is 0. The predicted octanol–water partition coefficient (Wildman–Crippen LogP) is 4.15. The van der Waals surface area contributed by atoms with E-state index in [9.17, 15) is 4.79 Å². The Hall–Kier alpha value is -3.54. The number of hydrogen-bond donors (Lipinski definition) is 0. The number of carbonyl (C=O) groups excluding carboxylic acids is 1. The van der Waals surface area contributed by atoms with Crippen molar-refractivity contribution in [2.45, 2.75) is 20.1 Å². The van der Waals surface area contributed by atoms with Gasteiger partial charge < -0.3 is 19.3 Å². The first kappa shape index (κ1) is 20.7. The number of benzene rings is 2. The van der Waals surface area contributed by atoms with Crippen LogP contribution in [0.1, 0.15) is 28.4 Å². The highest BCUT2D eigenvalue weighted by Gasteiger charge is 2.23. The number of carbonyl (C=O) groups is 1. The molecule has 1 amide bonds. The molecule has 0 atom stereocenters. The van der Waals surface area contributed by atoms with Crippen molar-refractivity contribution in [1.29, 1.82) is 0 Å². The van der Waals surface area contributed by atoms with Crippen molar-refractivity contribution in [1.82, 2.24) is 9.88 Å². The van der Waals surface area contributed by atoms with Crippen LogP contribution in [0.2, 0.25) is 0 Å². The Bertz CT molecular complexity index is 1040. The van der Waals surface area contributed by atoms with Crippen LogP contribution < -0.4 is 14.4 Å². The number of pyridine rings is 1. The van der Waals surface area contributed by atoms with Gasteiger partial charge in [-0.15, -0.1) is 0 Å². The van der Waals surface area contributed by atoms with E-state index in [1.54, 1.807) is 18.5 Å². The van der Waals surface area contributed by atoms with E-state index < -0.39 is 0 Å². The second-order valence-corrected chi connectivity index (χ2v) is 7.52. The van der Waals surface area contributed by atoms with E-state index >= 15 is 0 Å². The van der Waals surface area contributed by atoms with Crippen molar-refractivity contribution in [2.24, 2.45) is 0 Å². The first-order chi connectivity index (χ1) is 15.2. The van der Waals surface area contributed by atoms with Crippen LogP contribution in [0.3, 0.4) is 0 Å². The maximum absolute atomic E-state index is 13.3. The molecule has 0 N–H and O–H groups in total. The van der Waals surface area contributed by atoms with Crippen molar-refractivity contribution in [3.05, 3.63) is 83.7 Å². The zero-order valence-corrected chi connectivity index (χ0v) is 18.0. The van der Waals surface area contributed by atoms with Gasteiger partial charge in [0.25, 0.3) is 5.91 Å². The van der Waals surface area contributed by atoms with Gasteiger partial charge in [0.1, 0.15) is 6.61 Å². The van der Waals surface area contributed by atoms with E-state index in [4.69, 9.17) is 9.47 Å². The monoisotopic (exact) mass is 417 g/mol. The Morgan fingerprint density at radius 1 is 1.00 bits per heavy atom. The molecule has 2 aromatic carbocycles. The molecule has 1 aliphatic rings. The zero-order valence-electron chi connectivity index (χ0n) is 18.0. The summed E-state index contributed by atoms with van der Waals surface area (Å²) in [5.74, 6) is 1.19. The molecule has 0 radical (unpaired) electrons. The maximum atomic E-state index is 13.3. The first-order valence-electron chi connectivity index (χ1n) is 10.5. The molecule has 4 rings (SSSR count). The van der Waals surface area contributed by atoms with Crippen LogP contribution in [0, 0.1) is 0 Å². The Kier molecular flexibility index (Phi) is 6.36. The SMILES string of the molecule is CCOc1cc(C(=O)N2CCN(C)c3ccccc3C2)ccc1OCc1ccncc1. The van der Waals surface area contributed by atoms with Crippen LogP contribution in [0.5, 0.6) is 11.5 Å². The summed E-state index contributed by atoms with van der Waals surface area (Å²) in [6.07, 6.45) is 3.47. The molecule has 6 nitrogen and oxygen atoms in total. The predicted molar refractivity (Wildman–Crippen MR) is 121 cm³/mol. The van der Waals surface area contributed by atoms with Crippen molar-refractivity contribution >= 4 is 11.6 Å². The van der Waals surface area contributed by atoms with Gasteiger partial charge in [-0.1, -0.05) is 18.2 Å². The van der Waals surface area contributed by atoms with Gasteiger partial charge in [0.15, 0.2) is 11.5 Å². The molecule has 6 heteroatoms. The van der Waals surface area contributed by atoms with Gasteiger partial charge in [0.05, 0.1) is 6.61 Å². The Labute approximate surface area is 183 Å². The molecule has 3 aromatic rings. The average molecular weight is 418 g/mol. The van der Waals surface area contributed by atoms with E-state index in [0.717, 1.165) is 17.7 Å². The number of para-hydroxylation sites is 1. The second-order valence-electron chi connectivity index (χ2n) is 7.52. The summed E-state index contributed by atoms with van der Waals surface area (Å²) in [5, 5.41) is 0. The largest absolute Gasteiger partial charge is 0.490 e. The van der Waals surface area contributed by atoms with Gasteiger partial charge in [-0.3, -0.25) is 9.78 Å². The quantitative estimate of drug-likeness (QED) is 0.603. The number of anilines is 1. The Morgan fingerprint density at radius 2 is 1.81 bits per heavy atom. The summed E-state index contributed by atoms with van der Waals surface area (Å²) in [4.78, 5) is 21.4. The fourth-order valence-electron chi connectivity index (χ4n) is 3.72. The molecule has 0 saturated carbocycles. The minimum atomic E-state index is -0.00765. The molecule has 0 bridgehead atoms. The molecule has 31 heavy (non-hydrogen) atoms. The topological polar surface area (TPSA) is 54.9 Å². The lowest BCUT2D eigenvalue weighted by atomic mass is 10.1. The second kappa shape index (κ2) is 9.51. The van der Waals surface area contributed by atoms with Crippen LogP contribution in [0.25, 0.3) is 0 Å². The minimum absolute atomic E-state index is 0.00765. The Balaban J connectivity index is 1.53. The molecule has 2 heterocycles. The first-order valence-corrected chi connectivity index (χ1v) is 10.5. The van der Waals surface area contributed by atoms with Crippen LogP contribution in [0.15, 0.2) is 67.0 Å². The van der Waals surface area contributed by atoms with E-state index in [1.165, 1.54) is 5.69 Å². The molecule has 1 aliphatic heterocycles. The van der Waals surface area contributed by atoms with Crippen LogP contribution >= 0.6 is 0 Å². The summed E-state index contributed by atoms with van der Waals surface area (Å²) in [6, 6.07) is 17.5. The summed E-state index contributed by atoms with van der Waals surface area (Å²) in [6.45, 7) is 4.85. The summed E-state index contributed by atoms with van der Waals surface area (Å²) in [7, 11) is 2.06. The van der Waals surface area contributed by atoms with Crippen LogP contribution in [-0.2, 0) is 13.2 Å². The van der Waals surface area contributed by atoms with Crippen LogP contribution in [0.4, 0.5) is 5.69 Å². The fourth-order valence-corrected chi connectivity index (χ4v) is 3.72. The van der Waals surface area contributed by atoms with Gasteiger partial charge in [0.2, 0.25) is 0 Å². The molecule has 160 valence electrons. The number of aromatic nitrogens is 1. The number of likely N-dealkylation sites (N-methyl/N-ethyl adjacent to an activating group) is 1. The van der Waals surface area contributed by atoms with Gasteiger partial charge in [-0.25, -0.2) is 0 Å². The minimum Gasteiger partial charge on any atom is -0.490 e. The molecule has 0 fully saturated rings. The lowest BCUT2D eigenvalue weighted by molar-refractivity contribution is 0.0751. The van der Waals surface area contributed by atoms with Crippen molar-refractivity contribution in [2.75, 3.05) is 31.6 Å². The number of ether oxygens (including phenoxy) is 2. The molecule has 1 aromatic heterocycles. The average Bonchev–Trinajstić information content (AvgIpc) is 2.98. The van der Waals surface area contributed by atoms with E-state index in [-0.39, 0.29) is 5.91 Å². The highest BCUT2D eigenvalue weighted by Crippen LogP contribution is 2.31. The lowest BCUT2D eigenvalue weighted by Crippen LogP contribution is -2.34. The van der Waals surface area contributed by atoms with Gasteiger partial charge in [0, 0.05) is 50.3 Å². The van der Waals surface area contributed by atoms with Crippen molar-refractivity contribution in [3.8, 4) is 11.5 Å². The number of hydrogen-bond acceptors (Lipinski definition) is 5. The molecule has 0 saturated heterocycles. The standard InChI is InChI=1S/C25H27N3O3/c1-3-30-24-16-20(8-9-23(24)31-18-19-10-12-26-13-11-19)25(29)28-15-14-27(2)22-7-5-4-6-21(22)17-28/h4-13,16H,3,14-15,17-18H2,1-2H3. The molecule has 0 spiro atoms. The fraction of sp³-hybridized carbons (Fsp3) is 0.280. The zero-order chi connectivity index (χ0) is 21.6. The third-order valence-corrected chi connectivity index (χ3v) is 5.39. The molecular formula is C25H27N3O3. The van der Waals surface area contributed by atoms with Gasteiger partial charge in [-0.2, -0.15) is 0 Å². The van der Waals surface area contributed by atoms with Crippen LogP contribution in [-0.4, -0.2) is 42.5 Å². The van der Waals surface area contributed by atoms with E-state index in [0.29, 0.717) is 43.4 Å². The molecule has 0 unspecified atom stereocenters. The lowest BCUT2D eigenvalue weighted by Gasteiger charge is -2.22. The normalized spacial score (nSPS) is 13.4. The molecular weight excluding hydrogens is 390 g/mol.